The number of hydrogen-bond donors (Lipinski definition) is 4. The number of rotatable bonds is 41. The van der Waals surface area contributed by atoms with Gasteiger partial charge in [-0.1, -0.05) is 172 Å². The molecule has 11 nitrogen and oxygen atoms in total. The quantitative estimate of drug-likeness (QED) is 0.0262. The lowest BCUT2D eigenvalue weighted by molar-refractivity contribution is -0.298. The van der Waals surface area contributed by atoms with Crippen molar-refractivity contribution in [2.75, 3.05) is 13.2 Å². The molecule has 0 saturated carbocycles. The lowest BCUT2D eigenvalue weighted by atomic mass is 9.99. The van der Waals surface area contributed by atoms with Gasteiger partial charge in [-0.15, -0.1) is 0 Å². The van der Waals surface area contributed by atoms with Crippen molar-refractivity contribution in [2.45, 2.75) is 243 Å². The summed E-state index contributed by atoms with van der Waals surface area (Å²) in [5.74, 6) is -2.48. The minimum atomic E-state index is -1.87. The summed E-state index contributed by atoms with van der Waals surface area (Å²) in [6, 6.07) is 0. The molecule has 0 bridgehead atoms. The number of allylic oxidation sites excluding steroid dienone is 8. The fraction of sp³-hybridized carbons (Fsp3) is 0.784. The molecule has 1 fully saturated rings. The van der Waals surface area contributed by atoms with Gasteiger partial charge in [0.05, 0.1) is 6.61 Å². The lowest BCUT2D eigenvalue weighted by Crippen LogP contribution is -2.60. The molecule has 6 unspecified atom stereocenters. The zero-order valence-electron chi connectivity index (χ0n) is 38.9. The Morgan fingerprint density at radius 3 is 1.47 bits per heavy atom. The highest BCUT2D eigenvalue weighted by Crippen LogP contribution is 2.23. The first kappa shape index (κ1) is 57.2. The maximum absolute atomic E-state index is 12.8. The van der Waals surface area contributed by atoms with E-state index in [2.05, 4.69) is 62.5 Å². The summed E-state index contributed by atoms with van der Waals surface area (Å²) >= 11 is 0. The first-order valence-electron chi connectivity index (χ1n) is 24.7. The predicted octanol–water partition coefficient (Wildman–Crippen LogP) is 11.3. The van der Waals surface area contributed by atoms with Gasteiger partial charge >= 0.3 is 17.9 Å². The smallest absolute Gasteiger partial charge is 0.335 e. The van der Waals surface area contributed by atoms with Crippen LogP contribution >= 0.6 is 0 Å². The van der Waals surface area contributed by atoms with Crippen LogP contribution in [0, 0.1) is 0 Å². The first-order valence-corrected chi connectivity index (χ1v) is 24.7. The highest BCUT2D eigenvalue weighted by atomic mass is 16.7. The summed E-state index contributed by atoms with van der Waals surface area (Å²) in [6.07, 6.45) is 40.3. The van der Waals surface area contributed by atoms with Gasteiger partial charge in [0, 0.05) is 12.8 Å². The van der Waals surface area contributed by atoms with Gasteiger partial charge in [0.15, 0.2) is 18.5 Å². The van der Waals surface area contributed by atoms with E-state index in [1.54, 1.807) is 0 Å². The Morgan fingerprint density at radius 2 is 0.952 bits per heavy atom. The average molecular weight is 877 g/mol. The molecule has 0 amide bonds. The number of aliphatic hydroxyl groups is 3. The number of carboxylic acids is 1. The van der Waals surface area contributed by atoms with Gasteiger partial charge in [-0.05, 0) is 70.6 Å². The third-order valence-corrected chi connectivity index (χ3v) is 11.2. The monoisotopic (exact) mass is 877 g/mol. The zero-order chi connectivity index (χ0) is 45.3. The van der Waals surface area contributed by atoms with Crippen LogP contribution in [0.1, 0.15) is 206 Å². The number of ether oxygens (including phenoxy) is 4. The van der Waals surface area contributed by atoms with Crippen molar-refractivity contribution in [3.8, 4) is 0 Å². The van der Waals surface area contributed by atoms with Gasteiger partial charge in [-0.2, -0.15) is 0 Å². The van der Waals surface area contributed by atoms with Crippen molar-refractivity contribution in [1.82, 2.24) is 0 Å². The third kappa shape index (κ3) is 31.9. The van der Waals surface area contributed by atoms with Crippen molar-refractivity contribution in [3.63, 3.8) is 0 Å². The van der Waals surface area contributed by atoms with E-state index in [1.165, 1.54) is 109 Å². The van der Waals surface area contributed by atoms with E-state index in [0.717, 1.165) is 57.8 Å². The summed E-state index contributed by atoms with van der Waals surface area (Å²) in [4.78, 5) is 36.9. The van der Waals surface area contributed by atoms with Crippen LogP contribution in [0.4, 0.5) is 0 Å². The molecular weight excluding hydrogens is 789 g/mol. The molecule has 358 valence electrons. The molecular formula is C51H88O11. The summed E-state index contributed by atoms with van der Waals surface area (Å²) in [6.45, 7) is 3.68. The highest BCUT2D eigenvalue weighted by Gasteiger charge is 2.47. The molecule has 11 heteroatoms. The molecule has 1 aliphatic heterocycles. The van der Waals surface area contributed by atoms with Crippen molar-refractivity contribution in [3.05, 3.63) is 48.6 Å². The maximum Gasteiger partial charge on any atom is 0.335 e. The number of carboxylic acid groups (broad SMARTS) is 1. The molecule has 0 aromatic carbocycles. The van der Waals surface area contributed by atoms with E-state index in [4.69, 9.17) is 18.9 Å². The van der Waals surface area contributed by atoms with E-state index >= 15 is 0 Å². The molecule has 0 aromatic rings. The number of unbranched alkanes of at least 4 members (excludes halogenated alkanes) is 22. The van der Waals surface area contributed by atoms with Gasteiger partial charge in [-0.3, -0.25) is 9.59 Å². The average Bonchev–Trinajstić information content (AvgIpc) is 3.26. The van der Waals surface area contributed by atoms with Gasteiger partial charge in [-0.25, -0.2) is 4.79 Å². The predicted molar refractivity (Wildman–Crippen MR) is 248 cm³/mol. The van der Waals surface area contributed by atoms with Crippen LogP contribution in [0.25, 0.3) is 0 Å². The van der Waals surface area contributed by atoms with E-state index in [-0.39, 0.29) is 19.4 Å². The minimum absolute atomic E-state index is 0.175. The van der Waals surface area contributed by atoms with Crippen molar-refractivity contribution < 1.29 is 53.8 Å². The van der Waals surface area contributed by atoms with Crippen LogP contribution in [0.3, 0.4) is 0 Å². The van der Waals surface area contributed by atoms with Crippen LogP contribution in [-0.4, -0.2) is 88.4 Å². The fourth-order valence-electron chi connectivity index (χ4n) is 7.30. The van der Waals surface area contributed by atoms with Crippen LogP contribution in [0.2, 0.25) is 0 Å². The number of carbonyl (C=O) groups excluding carboxylic acids is 2. The van der Waals surface area contributed by atoms with Gasteiger partial charge in [0.25, 0.3) is 0 Å². The number of esters is 2. The second-order valence-corrected chi connectivity index (χ2v) is 16.9. The minimum Gasteiger partial charge on any atom is -0.479 e. The Kier molecular flexibility index (Phi) is 37.7. The second kappa shape index (κ2) is 40.9. The number of aliphatic hydroxyl groups excluding tert-OH is 3. The molecule has 0 radical (unpaired) electrons. The molecule has 62 heavy (non-hydrogen) atoms. The van der Waals surface area contributed by atoms with Crippen molar-refractivity contribution in [2.24, 2.45) is 0 Å². The summed E-state index contributed by atoms with van der Waals surface area (Å²) in [7, 11) is 0. The highest BCUT2D eigenvalue weighted by molar-refractivity contribution is 5.73. The summed E-state index contributed by atoms with van der Waals surface area (Å²) in [5.41, 5.74) is 0. The second-order valence-electron chi connectivity index (χ2n) is 16.9. The Bertz CT molecular complexity index is 1210. The number of carbonyl (C=O) groups is 3. The first-order chi connectivity index (χ1) is 30.2. The van der Waals surface area contributed by atoms with Crippen LogP contribution in [-0.2, 0) is 33.3 Å². The van der Waals surface area contributed by atoms with Gasteiger partial charge in [0.2, 0.25) is 0 Å². The van der Waals surface area contributed by atoms with Crippen molar-refractivity contribution in [1.29, 1.82) is 0 Å². The van der Waals surface area contributed by atoms with Crippen LogP contribution in [0.5, 0.6) is 0 Å². The Hall–Kier alpha value is -2.83. The Labute approximate surface area is 375 Å². The normalized spacial score (nSPS) is 19.9. The molecule has 0 aliphatic carbocycles. The molecule has 1 saturated heterocycles. The molecule has 1 heterocycles. The Balaban J connectivity index is 2.29. The molecule has 6 atom stereocenters. The third-order valence-electron chi connectivity index (χ3n) is 11.2. The van der Waals surface area contributed by atoms with E-state index in [0.29, 0.717) is 12.8 Å². The summed E-state index contributed by atoms with van der Waals surface area (Å²) in [5, 5.41) is 39.9. The van der Waals surface area contributed by atoms with Gasteiger partial charge in [0.1, 0.15) is 24.9 Å². The topological polar surface area (TPSA) is 169 Å². The SMILES string of the molecule is CC/C=C\C/C=C\C/C=C\CCCCCC(=O)OCC(COC1OC(C(=O)O)C(O)C(O)C1O)OC(=O)CCCCCCCCCCCCC/C=C\CCCCCCCCCC. The standard InChI is InChI=1S/C51H88O11/c1-3-5-7-9-11-13-15-17-18-19-20-21-22-23-24-25-26-28-30-32-34-36-38-40-45(53)61-43(42-60-51-48(56)46(54)47(55)49(62-51)50(57)58)41-59-44(52)39-37-35-33-31-29-27-16-14-12-10-8-6-4-2/h6,8,12,14,19-20,27,29,43,46-49,51,54-56H,3-5,7,9-11,13,15-18,21-26,28,30-42H2,1-2H3,(H,57,58)/b8-6-,14-12-,20-19-,29-27-. The Morgan fingerprint density at radius 1 is 0.516 bits per heavy atom. The van der Waals surface area contributed by atoms with Crippen LogP contribution in [0.15, 0.2) is 48.6 Å². The largest absolute Gasteiger partial charge is 0.479 e. The number of aliphatic carboxylic acids is 1. The molecule has 0 spiro atoms. The zero-order valence-corrected chi connectivity index (χ0v) is 38.9. The van der Waals surface area contributed by atoms with E-state index < -0.39 is 61.3 Å². The maximum atomic E-state index is 12.8. The lowest BCUT2D eigenvalue weighted by Gasteiger charge is -2.38. The molecule has 0 aromatic heterocycles. The van der Waals surface area contributed by atoms with Crippen molar-refractivity contribution >= 4 is 17.9 Å². The molecule has 1 rings (SSSR count). The van der Waals surface area contributed by atoms with E-state index in [1.807, 2.05) is 0 Å². The summed E-state index contributed by atoms with van der Waals surface area (Å²) < 4.78 is 21.7. The molecule has 4 N–H and O–H groups in total. The van der Waals surface area contributed by atoms with Gasteiger partial charge < -0.3 is 39.4 Å². The fourth-order valence-corrected chi connectivity index (χ4v) is 7.30. The van der Waals surface area contributed by atoms with E-state index in [9.17, 15) is 34.8 Å². The van der Waals surface area contributed by atoms with Crippen LogP contribution < -0.4 is 0 Å². The number of hydrogen-bond acceptors (Lipinski definition) is 10. The molecule has 1 aliphatic rings.